The molecule has 0 bridgehead atoms. The molecule has 59 heavy (non-hydrogen) atoms. The van der Waals surface area contributed by atoms with Gasteiger partial charge < -0.3 is 4.90 Å². The maximum Gasteiger partial charge on any atom is 0.0467 e. The van der Waals surface area contributed by atoms with Crippen LogP contribution in [0.15, 0.2) is 237 Å². The minimum absolute atomic E-state index is 1.10. The molecule has 0 saturated heterocycles. The number of fused-ring (bicyclic) bond motifs is 6. The minimum atomic E-state index is 1.10. The van der Waals surface area contributed by atoms with Crippen LogP contribution in [0.25, 0.3) is 87.6 Å². The summed E-state index contributed by atoms with van der Waals surface area (Å²) in [7, 11) is 0. The van der Waals surface area contributed by atoms with E-state index in [9.17, 15) is 0 Å². The van der Waals surface area contributed by atoms with Gasteiger partial charge in [-0.15, -0.1) is 0 Å². The van der Waals surface area contributed by atoms with Crippen molar-refractivity contribution in [1.29, 1.82) is 0 Å². The van der Waals surface area contributed by atoms with Crippen LogP contribution in [0.3, 0.4) is 0 Å². The summed E-state index contributed by atoms with van der Waals surface area (Å²) in [6, 6.07) is 86.2. The second-order valence-electron chi connectivity index (χ2n) is 15.3. The molecule has 1 nitrogen and oxygen atoms in total. The minimum Gasteiger partial charge on any atom is -0.310 e. The van der Waals surface area contributed by atoms with Gasteiger partial charge in [0.25, 0.3) is 0 Å². The van der Waals surface area contributed by atoms with Gasteiger partial charge in [-0.3, -0.25) is 0 Å². The highest BCUT2D eigenvalue weighted by molar-refractivity contribution is 6.21. The molecule has 11 aromatic rings. The number of hydrogen-bond donors (Lipinski definition) is 0. The average Bonchev–Trinajstić information content (AvgIpc) is 3.32. The van der Waals surface area contributed by atoms with Crippen molar-refractivity contribution < 1.29 is 0 Å². The topological polar surface area (TPSA) is 3.24 Å². The molecule has 11 rings (SSSR count). The van der Waals surface area contributed by atoms with Crippen LogP contribution in [0.4, 0.5) is 17.1 Å². The van der Waals surface area contributed by atoms with Gasteiger partial charge in [-0.1, -0.05) is 188 Å². The van der Waals surface area contributed by atoms with Gasteiger partial charge in [0.05, 0.1) is 0 Å². The van der Waals surface area contributed by atoms with Gasteiger partial charge in [0.2, 0.25) is 0 Å². The van der Waals surface area contributed by atoms with Gasteiger partial charge >= 0.3 is 0 Å². The van der Waals surface area contributed by atoms with Gasteiger partial charge in [-0.25, -0.2) is 0 Å². The van der Waals surface area contributed by atoms with E-state index in [2.05, 4.69) is 241 Å². The lowest BCUT2D eigenvalue weighted by molar-refractivity contribution is 1.28. The molecule has 0 saturated carbocycles. The molecule has 276 valence electrons. The van der Waals surface area contributed by atoms with E-state index >= 15 is 0 Å². The Balaban J connectivity index is 1.02. The van der Waals surface area contributed by atoms with Crippen LogP contribution in [0.5, 0.6) is 0 Å². The molecular formula is C58H39N. The molecule has 0 atom stereocenters. The SMILES string of the molecule is c1ccc(-c2ccc(N(c3ccc(-c4cccc5ccccc45)cc3)c3cccc(-c4cccc(-c5cc6c7ccccc7ccc6c6ccccc56)c4)c3)cc2)cc1. The van der Waals surface area contributed by atoms with Crippen LogP contribution in [0.2, 0.25) is 0 Å². The first-order valence-corrected chi connectivity index (χ1v) is 20.3. The van der Waals surface area contributed by atoms with Crippen LogP contribution in [0, 0.1) is 0 Å². The summed E-state index contributed by atoms with van der Waals surface area (Å²) in [5.74, 6) is 0. The van der Waals surface area contributed by atoms with E-state index in [0.29, 0.717) is 0 Å². The van der Waals surface area contributed by atoms with Gasteiger partial charge in [-0.2, -0.15) is 0 Å². The van der Waals surface area contributed by atoms with E-state index in [1.54, 1.807) is 0 Å². The lowest BCUT2D eigenvalue weighted by atomic mass is 9.90. The van der Waals surface area contributed by atoms with Crippen LogP contribution in [-0.2, 0) is 0 Å². The summed E-state index contributed by atoms with van der Waals surface area (Å²) in [6.45, 7) is 0. The lowest BCUT2D eigenvalue weighted by Crippen LogP contribution is -2.10. The predicted molar refractivity (Wildman–Crippen MR) is 253 cm³/mol. The highest BCUT2D eigenvalue weighted by atomic mass is 15.1. The maximum atomic E-state index is 2.40. The molecule has 0 N–H and O–H groups in total. The van der Waals surface area contributed by atoms with E-state index in [-0.39, 0.29) is 0 Å². The summed E-state index contributed by atoms with van der Waals surface area (Å²) in [5.41, 5.74) is 12.9. The molecule has 0 aromatic heterocycles. The Bertz CT molecular complexity index is 3300. The average molecular weight is 750 g/mol. The first-order chi connectivity index (χ1) is 29.2. The molecule has 0 aliphatic rings. The molecular weight excluding hydrogens is 711 g/mol. The van der Waals surface area contributed by atoms with Crippen molar-refractivity contribution in [3.63, 3.8) is 0 Å². The summed E-state index contributed by atoms with van der Waals surface area (Å²) < 4.78 is 0. The Hall–Kier alpha value is -7.74. The predicted octanol–water partition coefficient (Wildman–Crippen LogP) is 16.4. The van der Waals surface area contributed by atoms with Crippen molar-refractivity contribution in [3.8, 4) is 44.5 Å². The number of anilines is 3. The van der Waals surface area contributed by atoms with E-state index in [1.165, 1.54) is 82.0 Å². The normalized spacial score (nSPS) is 11.4. The molecule has 0 spiro atoms. The highest BCUT2D eigenvalue weighted by Gasteiger charge is 2.16. The van der Waals surface area contributed by atoms with E-state index in [0.717, 1.165) is 22.6 Å². The van der Waals surface area contributed by atoms with Crippen molar-refractivity contribution in [2.24, 2.45) is 0 Å². The van der Waals surface area contributed by atoms with Crippen molar-refractivity contribution in [1.82, 2.24) is 0 Å². The van der Waals surface area contributed by atoms with E-state index in [1.807, 2.05) is 0 Å². The monoisotopic (exact) mass is 749 g/mol. The Kier molecular flexibility index (Phi) is 8.56. The van der Waals surface area contributed by atoms with Crippen LogP contribution >= 0.6 is 0 Å². The van der Waals surface area contributed by atoms with Gasteiger partial charge in [0, 0.05) is 17.1 Å². The summed E-state index contributed by atoms with van der Waals surface area (Å²) >= 11 is 0. The smallest absolute Gasteiger partial charge is 0.0467 e. The Labute approximate surface area is 344 Å². The summed E-state index contributed by atoms with van der Waals surface area (Å²) in [4.78, 5) is 2.37. The van der Waals surface area contributed by atoms with Gasteiger partial charge in [0.1, 0.15) is 0 Å². The van der Waals surface area contributed by atoms with Gasteiger partial charge in [0.15, 0.2) is 0 Å². The van der Waals surface area contributed by atoms with E-state index < -0.39 is 0 Å². The number of rotatable bonds is 7. The number of nitrogens with zero attached hydrogens (tertiary/aromatic N) is 1. The van der Waals surface area contributed by atoms with Crippen LogP contribution in [0.1, 0.15) is 0 Å². The third-order valence-electron chi connectivity index (χ3n) is 11.8. The van der Waals surface area contributed by atoms with E-state index in [4.69, 9.17) is 0 Å². The first kappa shape index (κ1) is 34.5. The fraction of sp³-hybridized carbons (Fsp3) is 0. The first-order valence-electron chi connectivity index (χ1n) is 20.3. The molecule has 0 amide bonds. The summed E-state index contributed by atoms with van der Waals surface area (Å²) in [5, 5.41) is 10.2. The third kappa shape index (κ3) is 6.30. The fourth-order valence-electron chi connectivity index (χ4n) is 8.94. The fourth-order valence-corrected chi connectivity index (χ4v) is 8.94. The second-order valence-corrected chi connectivity index (χ2v) is 15.3. The van der Waals surface area contributed by atoms with Crippen molar-refractivity contribution in [3.05, 3.63) is 237 Å². The number of hydrogen-bond acceptors (Lipinski definition) is 1. The molecule has 0 aliphatic carbocycles. The summed E-state index contributed by atoms with van der Waals surface area (Å²) in [6.07, 6.45) is 0. The molecule has 0 unspecified atom stereocenters. The molecule has 1 heteroatoms. The Morgan fingerprint density at radius 1 is 0.203 bits per heavy atom. The number of benzene rings is 11. The maximum absolute atomic E-state index is 2.40. The zero-order valence-corrected chi connectivity index (χ0v) is 32.5. The Morgan fingerprint density at radius 3 is 1.47 bits per heavy atom. The largest absolute Gasteiger partial charge is 0.310 e. The molecule has 0 aliphatic heterocycles. The second kappa shape index (κ2) is 14.6. The molecule has 0 heterocycles. The van der Waals surface area contributed by atoms with Crippen LogP contribution < -0.4 is 4.90 Å². The van der Waals surface area contributed by atoms with Gasteiger partial charge in [-0.05, 0) is 136 Å². The third-order valence-corrected chi connectivity index (χ3v) is 11.8. The van der Waals surface area contributed by atoms with Crippen molar-refractivity contribution >= 4 is 60.2 Å². The lowest BCUT2D eigenvalue weighted by Gasteiger charge is -2.26. The Morgan fingerprint density at radius 2 is 0.712 bits per heavy atom. The zero-order valence-electron chi connectivity index (χ0n) is 32.5. The molecule has 11 aromatic carbocycles. The van der Waals surface area contributed by atoms with Crippen molar-refractivity contribution in [2.75, 3.05) is 4.90 Å². The zero-order chi connectivity index (χ0) is 39.1. The molecule has 0 radical (unpaired) electrons. The quantitative estimate of drug-likeness (QED) is 0.147. The van der Waals surface area contributed by atoms with Crippen molar-refractivity contribution in [2.45, 2.75) is 0 Å². The standard InChI is InChI=1S/C58H39N/c1-2-13-40(14-3-1)41-27-32-48(33-28-41)59(49-34-29-44(30-35-49)52-26-12-17-42-15-4-6-22-51(42)52)50-21-11-19-46(38-50)45-18-10-20-47(37-45)57-39-58-53-23-7-5-16-43(53)31-36-56(58)54-24-8-9-25-55(54)57/h1-39H. The highest BCUT2D eigenvalue weighted by Crippen LogP contribution is 2.42. The van der Waals surface area contributed by atoms with Crippen LogP contribution in [-0.4, -0.2) is 0 Å². The molecule has 0 fully saturated rings.